The molecular weight excluding hydrogens is 411 g/mol. The third-order valence-corrected chi connectivity index (χ3v) is 5.74. The van der Waals surface area contributed by atoms with E-state index in [0.717, 1.165) is 44.2 Å². The van der Waals surface area contributed by atoms with E-state index in [4.69, 9.17) is 9.73 Å². The van der Waals surface area contributed by atoms with Crippen LogP contribution < -0.4 is 5.32 Å². The largest absolute Gasteiger partial charge is 0.378 e. The Bertz CT molecular complexity index is 774. The van der Waals surface area contributed by atoms with Gasteiger partial charge < -0.3 is 24.8 Å². The van der Waals surface area contributed by atoms with Crippen LogP contribution in [0.4, 0.5) is 4.39 Å². The number of carbonyl (C=O) groups excluding carboxylic acids is 1. The SMILES string of the molecule is CCNC(=NCc1ccc(F)c(CN(C)C)c1)N1CCN(CC(=O)N2CCOCC2)CC1. The molecule has 0 aromatic heterocycles. The molecule has 3 rings (SSSR count). The van der Waals surface area contributed by atoms with Crippen LogP contribution in [0.2, 0.25) is 0 Å². The number of hydrogen-bond donors (Lipinski definition) is 1. The minimum atomic E-state index is -0.180. The topological polar surface area (TPSA) is 63.7 Å². The van der Waals surface area contributed by atoms with E-state index >= 15 is 0 Å². The molecule has 8 nitrogen and oxygen atoms in total. The lowest BCUT2D eigenvalue weighted by Crippen LogP contribution is -2.54. The van der Waals surface area contributed by atoms with E-state index in [1.165, 1.54) is 6.07 Å². The van der Waals surface area contributed by atoms with Gasteiger partial charge in [-0.05, 0) is 38.7 Å². The first kappa shape index (κ1) is 24.4. The molecule has 2 aliphatic rings. The number of piperazine rings is 1. The highest BCUT2D eigenvalue weighted by Gasteiger charge is 2.24. The lowest BCUT2D eigenvalue weighted by atomic mass is 10.1. The van der Waals surface area contributed by atoms with E-state index in [2.05, 4.69) is 22.0 Å². The van der Waals surface area contributed by atoms with Crippen molar-refractivity contribution in [2.24, 2.45) is 4.99 Å². The Labute approximate surface area is 191 Å². The quantitative estimate of drug-likeness (QED) is 0.493. The monoisotopic (exact) mass is 448 g/mol. The number of benzene rings is 1. The average Bonchev–Trinajstić information content (AvgIpc) is 2.79. The molecule has 2 heterocycles. The molecule has 1 aromatic rings. The summed E-state index contributed by atoms with van der Waals surface area (Å²) in [5, 5.41) is 3.37. The van der Waals surface area contributed by atoms with Gasteiger partial charge in [-0.15, -0.1) is 0 Å². The molecule has 0 radical (unpaired) electrons. The Morgan fingerprint density at radius 2 is 1.84 bits per heavy atom. The maximum Gasteiger partial charge on any atom is 0.236 e. The number of halogens is 1. The molecule has 0 saturated carbocycles. The van der Waals surface area contributed by atoms with Crippen LogP contribution in [0.15, 0.2) is 23.2 Å². The Morgan fingerprint density at radius 1 is 1.12 bits per heavy atom. The van der Waals surface area contributed by atoms with Gasteiger partial charge >= 0.3 is 0 Å². The number of morpholine rings is 1. The molecular formula is C23H37FN6O2. The van der Waals surface area contributed by atoms with Gasteiger partial charge in [0.25, 0.3) is 0 Å². The maximum atomic E-state index is 14.1. The van der Waals surface area contributed by atoms with Crippen molar-refractivity contribution < 1.29 is 13.9 Å². The molecule has 32 heavy (non-hydrogen) atoms. The van der Waals surface area contributed by atoms with Crippen molar-refractivity contribution in [1.82, 2.24) is 24.9 Å². The molecule has 0 spiro atoms. The van der Waals surface area contributed by atoms with Gasteiger partial charge in [0, 0.05) is 57.9 Å². The summed E-state index contributed by atoms with van der Waals surface area (Å²) in [6.07, 6.45) is 0. The van der Waals surface area contributed by atoms with Gasteiger partial charge in [0.15, 0.2) is 5.96 Å². The smallest absolute Gasteiger partial charge is 0.236 e. The fourth-order valence-corrected chi connectivity index (χ4v) is 4.00. The Balaban J connectivity index is 1.54. The minimum Gasteiger partial charge on any atom is -0.378 e. The van der Waals surface area contributed by atoms with Crippen LogP contribution in [-0.2, 0) is 22.6 Å². The van der Waals surface area contributed by atoms with Crippen LogP contribution in [0.25, 0.3) is 0 Å². The summed E-state index contributed by atoms with van der Waals surface area (Å²) in [5.41, 5.74) is 1.68. The van der Waals surface area contributed by atoms with Gasteiger partial charge in [-0.3, -0.25) is 9.69 Å². The van der Waals surface area contributed by atoms with Crippen LogP contribution in [-0.4, -0.2) is 111 Å². The third-order valence-electron chi connectivity index (χ3n) is 5.74. The van der Waals surface area contributed by atoms with E-state index in [1.54, 1.807) is 6.07 Å². The Morgan fingerprint density at radius 3 is 2.50 bits per heavy atom. The molecule has 0 bridgehead atoms. The van der Waals surface area contributed by atoms with Crippen molar-refractivity contribution >= 4 is 11.9 Å². The first-order valence-electron chi connectivity index (χ1n) is 11.5. The predicted molar refractivity (Wildman–Crippen MR) is 124 cm³/mol. The maximum absolute atomic E-state index is 14.1. The van der Waals surface area contributed by atoms with Gasteiger partial charge in [0.05, 0.1) is 26.3 Å². The zero-order chi connectivity index (χ0) is 22.9. The van der Waals surface area contributed by atoms with Crippen LogP contribution >= 0.6 is 0 Å². The molecule has 0 unspecified atom stereocenters. The standard InChI is InChI=1S/C23H37FN6O2/c1-4-25-23(26-16-19-5-6-21(24)20(15-19)17-27(2)3)30-9-7-28(8-10-30)18-22(31)29-11-13-32-14-12-29/h5-6,15H,4,7-14,16-18H2,1-3H3,(H,25,26). The molecule has 2 fully saturated rings. The highest BCUT2D eigenvalue weighted by Crippen LogP contribution is 2.14. The fraction of sp³-hybridized carbons (Fsp3) is 0.652. The highest BCUT2D eigenvalue weighted by molar-refractivity contribution is 5.80. The molecule has 2 saturated heterocycles. The van der Waals surface area contributed by atoms with Crippen molar-refractivity contribution in [3.8, 4) is 0 Å². The lowest BCUT2D eigenvalue weighted by molar-refractivity contribution is -0.136. The molecule has 2 aliphatic heterocycles. The molecule has 1 amide bonds. The number of carbonyl (C=O) groups is 1. The highest BCUT2D eigenvalue weighted by atomic mass is 19.1. The van der Waals surface area contributed by atoms with Crippen LogP contribution in [0, 0.1) is 5.82 Å². The minimum absolute atomic E-state index is 0.180. The number of rotatable bonds is 7. The first-order chi connectivity index (χ1) is 15.5. The van der Waals surface area contributed by atoms with Crippen LogP contribution in [0.1, 0.15) is 18.1 Å². The summed E-state index contributed by atoms with van der Waals surface area (Å²) in [4.78, 5) is 25.6. The van der Waals surface area contributed by atoms with E-state index < -0.39 is 0 Å². The molecule has 0 atom stereocenters. The Kier molecular flexibility index (Phi) is 9.25. The second-order valence-electron chi connectivity index (χ2n) is 8.59. The van der Waals surface area contributed by atoms with E-state index in [1.807, 2.05) is 30.0 Å². The van der Waals surface area contributed by atoms with Gasteiger partial charge in [0.2, 0.25) is 5.91 Å². The van der Waals surface area contributed by atoms with E-state index in [0.29, 0.717) is 51.5 Å². The van der Waals surface area contributed by atoms with Crippen LogP contribution in [0.5, 0.6) is 0 Å². The van der Waals surface area contributed by atoms with Gasteiger partial charge in [-0.25, -0.2) is 9.38 Å². The van der Waals surface area contributed by atoms with E-state index in [9.17, 15) is 9.18 Å². The normalized spacial score (nSPS) is 18.3. The molecule has 1 N–H and O–H groups in total. The molecule has 178 valence electrons. The Hall–Kier alpha value is -2.23. The number of nitrogens with one attached hydrogen (secondary N) is 1. The zero-order valence-corrected chi connectivity index (χ0v) is 19.6. The summed E-state index contributed by atoms with van der Waals surface area (Å²) in [7, 11) is 3.86. The van der Waals surface area contributed by atoms with Crippen molar-refractivity contribution in [1.29, 1.82) is 0 Å². The van der Waals surface area contributed by atoms with Crippen molar-refractivity contribution in [3.05, 3.63) is 35.1 Å². The summed E-state index contributed by atoms with van der Waals surface area (Å²) in [5.74, 6) is 0.874. The number of aliphatic imine (C=N–C) groups is 1. The summed E-state index contributed by atoms with van der Waals surface area (Å²) < 4.78 is 19.4. The number of guanidine groups is 1. The predicted octanol–water partition coefficient (Wildman–Crippen LogP) is 0.829. The van der Waals surface area contributed by atoms with Crippen molar-refractivity contribution in [2.45, 2.75) is 20.0 Å². The summed E-state index contributed by atoms with van der Waals surface area (Å²) in [6.45, 7) is 10.3. The third kappa shape index (κ3) is 7.15. The lowest BCUT2D eigenvalue weighted by Gasteiger charge is -2.37. The molecule has 9 heteroatoms. The van der Waals surface area contributed by atoms with E-state index in [-0.39, 0.29) is 11.7 Å². The molecule has 0 aliphatic carbocycles. The number of amides is 1. The van der Waals surface area contributed by atoms with Gasteiger partial charge in [0.1, 0.15) is 5.82 Å². The molecule has 1 aromatic carbocycles. The fourth-order valence-electron chi connectivity index (χ4n) is 4.00. The second-order valence-corrected chi connectivity index (χ2v) is 8.59. The average molecular weight is 449 g/mol. The number of ether oxygens (including phenoxy) is 1. The second kappa shape index (κ2) is 12.1. The number of hydrogen-bond acceptors (Lipinski definition) is 5. The van der Waals surface area contributed by atoms with Crippen molar-refractivity contribution in [3.63, 3.8) is 0 Å². The summed E-state index contributed by atoms with van der Waals surface area (Å²) >= 11 is 0. The summed E-state index contributed by atoms with van der Waals surface area (Å²) in [6, 6.07) is 5.23. The number of nitrogens with zero attached hydrogens (tertiary/aromatic N) is 5. The van der Waals surface area contributed by atoms with Gasteiger partial charge in [-0.2, -0.15) is 0 Å². The van der Waals surface area contributed by atoms with Crippen LogP contribution in [0.3, 0.4) is 0 Å². The van der Waals surface area contributed by atoms with Gasteiger partial charge in [-0.1, -0.05) is 6.07 Å². The zero-order valence-electron chi connectivity index (χ0n) is 19.6. The van der Waals surface area contributed by atoms with Crippen molar-refractivity contribution in [2.75, 3.05) is 79.7 Å². The first-order valence-corrected chi connectivity index (χ1v) is 11.5.